The molecule has 1 atom stereocenters. The smallest absolute Gasteiger partial charge is 0.356 e. The van der Waals surface area contributed by atoms with Crippen LogP contribution in [0.4, 0.5) is 0 Å². The number of pyridine rings is 1. The second-order valence-corrected chi connectivity index (χ2v) is 5.37. The van der Waals surface area contributed by atoms with Gasteiger partial charge in [-0.1, -0.05) is 0 Å². The van der Waals surface area contributed by atoms with E-state index in [0.29, 0.717) is 24.8 Å². The molecule has 0 aromatic carbocycles. The van der Waals surface area contributed by atoms with E-state index < -0.39 is 0 Å². The standard InChI is InChI=1S/C15H19NO3/c17-15(19-10-11-5-6-18-9-11)14-7-12-3-1-2-4-13(12)8-16-14/h7-8,11H,1-6,9-10H2. The molecule has 1 saturated heterocycles. The van der Waals surface area contributed by atoms with Crippen LogP contribution in [-0.2, 0) is 22.3 Å². The molecule has 1 aliphatic heterocycles. The Kier molecular flexibility index (Phi) is 3.78. The first-order valence-electron chi connectivity index (χ1n) is 7.05. The van der Waals surface area contributed by atoms with Crippen LogP contribution in [0.2, 0.25) is 0 Å². The third kappa shape index (κ3) is 2.95. The Bertz CT molecular complexity index is 466. The van der Waals surface area contributed by atoms with Crippen LogP contribution in [0.3, 0.4) is 0 Å². The van der Waals surface area contributed by atoms with Crippen molar-refractivity contribution in [1.82, 2.24) is 4.98 Å². The number of rotatable bonds is 3. The lowest BCUT2D eigenvalue weighted by atomic mass is 9.93. The summed E-state index contributed by atoms with van der Waals surface area (Å²) < 4.78 is 10.6. The average Bonchev–Trinajstić information content (AvgIpc) is 2.97. The molecule has 0 bridgehead atoms. The van der Waals surface area contributed by atoms with Gasteiger partial charge in [0.1, 0.15) is 5.69 Å². The van der Waals surface area contributed by atoms with E-state index in [2.05, 4.69) is 4.98 Å². The van der Waals surface area contributed by atoms with Crippen LogP contribution in [0.25, 0.3) is 0 Å². The molecule has 0 spiro atoms. The van der Waals surface area contributed by atoms with Crippen molar-refractivity contribution in [3.63, 3.8) is 0 Å². The Morgan fingerprint density at radius 2 is 2.21 bits per heavy atom. The Labute approximate surface area is 113 Å². The van der Waals surface area contributed by atoms with E-state index in [-0.39, 0.29) is 5.97 Å². The number of esters is 1. The lowest BCUT2D eigenvalue weighted by molar-refractivity contribution is 0.0421. The summed E-state index contributed by atoms with van der Waals surface area (Å²) in [6, 6.07) is 1.90. The van der Waals surface area contributed by atoms with Gasteiger partial charge >= 0.3 is 5.97 Å². The van der Waals surface area contributed by atoms with Gasteiger partial charge in [-0.2, -0.15) is 0 Å². The minimum atomic E-state index is -0.305. The van der Waals surface area contributed by atoms with Gasteiger partial charge < -0.3 is 9.47 Å². The Morgan fingerprint density at radius 3 is 3.00 bits per heavy atom. The third-order valence-electron chi connectivity index (χ3n) is 3.91. The molecule has 19 heavy (non-hydrogen) atoms. The highest BCUT2D eigenvalue weighted by molar-refractivity contribution is 5.87. The molecule has 2 aliphatic rings. The summed E-state index contributed by atoms with van der Waals surface area (Å²) in [7, 11) is 0. The van der Waals surface area contributed by atoms with Crippen molar-refractivity contribution in [3.8, 4) is 0 Å². The van der Waals surface area contributed by atoms with E-state index in [1.165, 1.54) is 24.0 Å². The zero-order valence-corrected chi connectivity index (χ0v) is 11.1. The lowest BCUT2D eigenvalue weighted by Crippen LogP contribution is -2.16. The minimum Gasteiger partial charge on any atom is -0.461 e. The first-order valence-corrected chi connectivity index (χ1v) is 7.05. The van der Waals surface area contributed by atoms with E-state index in [1.807, 2.05) is 12.3 Å². The second kappa shape index (κ2) is 5.70. The van der Waals surface area contributed by atoms with E-state index >= 15 is 0 Å². The highest BCUT2D eigenvalue weighted by Crippen LogP contribution is 2.21. The molecule has 0 amide bonds. The molecular weight excluding hydrogens is 242 g/mol. The van der Waals surface area contributed by atoms with Crippen LogP contribution >= 0.6 is 0 Å². The molecular formula is C15H19NO3. The van der Waals surface area contributed by atoms with Gasteiger partial charge in [0.15, 0.2) is 0 Å². The fourth-order valence-corrected chi connectivity index (χ4v) is 2.71. The summed E-state index contributed by atoms with van der Waals surface area (Å²) in [6.45, 7) is 1.92. The Morgan fingerprint density at radius 1 is 1.37 bits per heavy atom. The monoisotopic (exact) mass is 261 g/mol. The predicted molar refractivity (Wildman–Crippen MR) is 70.1 cm³/mol. The third-order valence-corrected chi connectivity index (χ3v) is 3.91. The number of ether oxygens (including phenoxy) is 2. The van der Waals surface area contributed by atoms with Gasteiger partial charge in [0, 0.05) is 18.7 Å². The van der Waals surface area contributed by atoms with Crippen LogP contribution in [-0.4, -0.2) is 30.8 Å². The van der Waals surface area contributed by atoms with Gasteiger partial charge in [0.25, 0.3) is 0 Å². The predicted octanol–water partition coefficient (Wildman–Crippen LogP) is 2.15. The molecule has 4 heteroatoms. The van der Waals surface area contributed by atoms with Crippen molar-refractivity contribution in [1.29, 1.82) is 0 Å². The molecule has 1 aromatic rings. The number of carbonyl (C=O) groups is 1. The van der Waals surface area contributed by atoms with Crippen molar-refractivity contribution < 1.29 is 14.3 Å². The van der Waals surface area contributed by atoms with Crippen LogP contribution in [0, 0.1) is 5.92 Å². The summed E-state index contributed by atoms with van der Waals surface area (Å²) in [5, 5.41) is 0. The number of nitrogens with zero attached hydrogens (tertiary/aromatic N) is 1. The molecule has 102 valence electrons. The van der Waals surface area contributed by atoms with Crippen molar-refractivity contribution >= 4 is 5.97 Å². The molecule has 0 saturated carbocycles. The minimum absolute atomic E-state index is 0.305. The van der Waals surface area contributed by atoms with Crippen LogP contribution in [0.15, 0.2) is 12.3 Å². The van der Waals surface area contributed by atoms with Gasteiger partial charge in [-0.3, -0.25) is 0 Å². The molecule has 1 fully saturated rings. The summed E-state index contributed by atoms with van der Waals surface area (Å²) in [5.41, 5.74) is 2.99. The first kappa shape index (κ1) is 12.6. The van der Waals surface area contributed by atoms with Crippen LogP contribution < -0.4 is 0 Å². The van der Waals surface area contributed by atoms with Gasteiger partial charge in [-0.25, -0.2) is 9.78 Å². The van der Waals surface area contributed by atoms with E-state index in [0.717, 1.165) is 25.9 Å². The molecule has 2 heterocycles. The normalized spacial score (nSPS) is 22.0. The maximum atomic E-state index is 12.0. The molecule has 1 aliphatic carbocycles. The molecule has 4 nitrogen and oxygen atoms in total. The summed E-state index contributed by atoms with van der Waals surface area (Å²) in [5.74, 6) is 0.0434. The Hall–Kier alpha value is -1.42. The topological polar surface area (TPSA) is 48.4 Å². The number of hydrogen-bond acceptors (Lipinski definition) is 4. The molecule has 0 N–H and O–H groups in total. The first-order chi connectivity index (χ1) is 9.33. The van der Waals surface area contributed by atoms with E-state index in [4.69, 9.17) is 9.47 Å². The number of hydrogen-bond donors (Lipinski definition) is 0. The lowest BCUT2D eigenvalue weighted by Gasteiger charge is -2.15. The fourth-order valence-electron chi connectivity index (χ4n) is 2.71. The number of fused-ring (bicyclic) bond motifs is 1. The maximum absolute atomic E-state index is 12.0. The van der Waals surface area contributed by atoms with Crippen LogP contribution in [0.5, 0.6) is 0 Å². The van der Waals surface area contributed by atoms with Gasteiger partial charge in [0.05, 0.1) is 13.2 Å². The summed E-state index contributed by atoms with van der Waals surface area (Å²) >= 11 is 0. The Balaban J connectivity index is 1.62. The van der Waals surface area contributed by atoms with Crippen molar-refractivity contribution in [2.75, 3.05) is 19.8 Å². The van der Waals surface area contributed by atoms with Crippen molar-refractivity contribution in [2.24, 2.45) is 5.92 Å². The average molecular weight is 261 g/mol. The zero-order valence-electron chi connectivity index (χ0n) is 11.1. The highest BCUT2D eigenvalue weighted by Gasteiger charge is 2.19. The number of carbonyl (C=O) groups excluding carboxylic acids is 1. The van der Waals surface area contributed by atoms with E-state index in [9.17, 15) is 4.79 Å². The zero-order chi connectivity index (χ0) is 13.1. The highest BCUT2D eigenvalue weighted by atomic mass is 16.5. The number of aromatic nitrogens is 1. The maximum Gasteiger partial charge on any atom is 0.356 e. The van der Waals surface area contributed by atoms with Gasteiger partial charge in [-0.05, 0) is 49.3 Å². The number of aryl methyl sites for hydroxylation is 2. The quantitative estimate of drug-likeness (QED) is 0.782. The molecule has 1 unspecified atom stereocenters. The van der Waals surface area contributed by atoms with E-state index in [1.54, 1.807) is 0 Å². The molecule has 1 aromatic heterocycles. The fraction of sp³-hybridized carbons (Fsp3) is 0.600. The van der Waals surface area contributed by atoms with Crippen molar-refractivity contribution in [3.05, 3.63) is 29.1 Å². The molecule has 0 radical (unpaired) electrons. The SMILES string of the molecule is O=C(OCC1CCOC1)c1cc2c(cn1)CCCC2. The summed E-state index contributed by atoms with van der Waals surface area (Å²) in [6.07, 6.45) is 7.37. The van der Waals surface area contributed by atoms with Crippen molar-refractivity contribution in [2.45, 2.75) is 32.1 Å². The molecule has 3 rings (SSSR count). The summed E-state index contributed by atoms with van der Waals surface area (Å²) in [4.78, 5) is 16.2. The van der Waals surface area contributed by atoms with Gasteiger partial charge in [-0.15, -0.1) is 0 Å². The largest absolute Gasteiger partial charge is 0.461 e. The second-order valence-electron chi connectivity index (χ2n) is 5.37. The van der Waals surface area contributed by atoms with Gasteiger partial charge in [0.2, 0.25) is 0 Å². The van der Waals surface area contributed by atoms with Crippen LogP contribution in [0.1, 0.15) is 40.9 Å².